The van der Waals surface area contributed by atoms with Gasteiger partial charge in [-0.1, -0.05) is 12.8 Å². The van der Waals surface area contributed by atoms with Gasteiger partial charge in [-0.2, -0.15) is 0 Å². The van der Waals surface area contributed by atoms with Crippen LogP contribution in [0.4, 0.5) is 0 Å². The van der Waals surface area contributed by atoms with Crippen LogP contribution in [-0.2, 0) is 14.3 Å². The molecule has 1 amide bonds. The van der Waals surface area contributed by atoms with Crippen LogP contribution in [0.3, 0.4) is 0 Å². The van der Waals surface area contributed by atoms with Gasteiger partial charge in [0.1, 0.15) is 0 Å². The van der Waals surface area contributed by atoms with Crippen LogP contribution in [0, 0.1) is 0 Å². The van der Waals surface area contributed by atoms with Crippen LogP contribution in [0.15, 0.2) is 0 Å². The van der Waals surface area contributed by atoms with Gasteiger partial charge in [0.05, 0.1) is 19.3 Å². The van der Waals surface area contributed by atoms with Gasteiger partial charge in [0.2, 0.25) is 5.91 Å². The number of hydrogen-bond acceptors (Lipinski definition) is 4. The molecule has 0 aliphatic carbocycles. The van der Waals surface area contributed by atoms with E-state index < -0.39 is 0 Å². The maximum Gasteiger partial charge on any atom is 0.222 e. The Morgan fingerprint density at radius 3 is 2.79 bits per heavy atom. The summed E-state index contributed by atoms with van der Waals surface area (Å²) in [5.41, 5.74) is 5.43. The highest BCUT2D eigenvalue weighted by molar-refractivity contribution is 5.85. The quantitative estimate of drug-likeness (QED) is 0.683. The van der Waals surface area contributed by atoms with Gasteiger partial charge in [0, 0.05) is 26.6 Å². The molecular weight excluding hydrogens is 268 g/mol. The lowest BCUT2D eigenvalue weighted by Gasteiger charge is -2.32. The molecule has 1 aliphatic rings. The average molecular weight is 295 g/mol. The molecule has 1 aliphatic heterocycles. The van der Waals surface area contributed by atoms with E-state index >= 15 is 0 Å². The summed E-state index contributed by atoms with van der Waals surface area (Å²) in [6.45, 7) is 3.29. The number of carbonyl (C=O) groups is 1. The van der Waals surface area contributed by atoms with Crippen molar-refractivity contribution in [3.63, 3.8) is 0 Å². The highest BCUT2D eigenvalue weighted by Gasteiger charge is 2.23. The Bertz CT molecular complexity index is 240. The normalized spacial score (nSPS) is 19.1. The van der Waals surface area contributed by atoms with E-state index in [1.54, 1.807) is 7.11 Å². The predicted molar refractivity (Wildman–Crippen MR) is 77.6 cm³/mol. The molecule has 0 aromatic carbocycles. The fourth-order valence-electron chi connectivity index (χ4n) is 2.16. The molecule has 1 unspecified atom stereocenters. The molecule has 2 N–H and O–H groups in total. The van der Waals surface area contributed by atoms with Gasteiger partial charge >= 0.3 is 0 Å². The summed E-state index contributed by atoms with van der Waals surface area (Å²) in [5, 5.41) is 0. The highest BCUT2D eigenvalue weighted by atomic mass is 35.5. The number of rotatable bonds is 8. The maximum atomic E-state index is 12.0. The molecular formula is C13H27ClN2O3. The van der Waals surface area contributed by atoms with Crippen LogP contribution in [0.25, 0.3) is 0 Å². The van der Waals surface area contributed by atoms with Gasteiger partial charge in [-0.3, -0.25) is 4.79 Å². The first-order valence-electron chi connectivity index (χ1n) is 6.86. The lowest BCUT2D eigenvalue weighted by molar-refractivity contribution is -0.140. The highest BCUT2D eigenvalue weighted by Crippen LogP contribution is 2.10. The molecule has 19 heavy (non-hydrogen) atoms. The summed E-state index contributed by atoms with van der Waals surface area (Å²) in [4.78, 5) is 13.9. The smallest absolute Gasteiger partial charge is 0.222 e. The molecule has 1 saturated heterocycles. The molecule has 1 heterocycles. The summed E-state index contributed by atoms with van der Waals surface area (Å²) in [7, 11) is 1.65. The summed E-state index contributed by atoms with van der Waals surface area (Å²) >= 11 is 0. The number of unbranched alkanes of at least 4 members (excludes halogenated alkanes) is 3. The summed E-state index contributed by atoms with van der Waals surface area (Å²) < 4.78 is 10.6. The molecule has 1 rings (SSSR count). The number of methoxy groups -OCH3 is 1. The predicted octanol–water partition coefficient (Wildman–Crippen LogP) is 1.19. The van der Waals surface area contributed by atoms with Crippen molar-refractivity contribution in [2.24, 2.45) is 5.73 Å². The van der Waals surface area contributed by atoms with Crippen LogP contribution in [0.2, 0.25) is 0 Å². The van der Waals surface area contributed by atoms with Gasteiger partial charge in [-0.15, -0.1) is 12.4 Å². The second-order valence-electron chi connectivity index (χ2n) is 4.74. The third kappa shape index (κ3) is 7.72. The SMILES string of the molecule is COCC1CN(C(=O)CCCCCCN)CCO1.Cl. The van der Waals surface area contributed by atoms with Crippen LogP contribution in [0.5, 0.6) is 0 Å². The van der Waals surface area contributed by atoms with Crippen molar-refractivity contribution >= 4 is 18.3 Å². The minimum atomic E-state index is 0. The van der Waals surface area contributed by atoms with Crippen molar-refractivity contribution in [3.05, 3.63) is 0 Å². The summed E-state index contributed by atoms with van der Waals surface area (Å²) in [5.74, 6) is 0.243. The lowest BCUT2D eigenvalue weighted by atomic mass is 10.1. The molecule has 1 atom stereocenters. The van der Waals surface area contributed by atoms with Crippen molar-refractivity contribution in [1.29, 1.82) is 0 Å². The summed E-state index contributed by atoms with van der Waals surface area (Å²) in [6, 6.07) is 0. The molecule has 0 radical (unpaired) electrons. The average Bonchev–Trinajstić information content (AvgIpc) is 2.39. The Balaban J connectivity index is 0.00000324. The minimum Gasteiger partial charge on any atom is -0.382 e. The maximum absolute atomic E-state index is 12.0. The first-order chi connectivity index (χ1) is 8.77. The van der Waals surface area contributed by atoms with E-state index in [4.69, 9.17) is 15.2 Å². The number of carbonyl (C=O) groups excluding carboxylic acids is 1. The molecule has 114 valence electrons. The lowest BCUT2D eigenvalue weighted by Crippen LogP contribution is -2.47. The van der Waals surface area contributed by atoms with Crippen molar-refractivity contribution < 1.29 is 14.3 Å². The van der Waals surface area contributed by atoms with Gasteiger partial charge in [-0.25, -0.2) is 0 Å². The Labute approximate surface area is 122 Å². The van der Waals surface area contributed by atoms with Crippen LogP contribution in [-0.4, -0.2) is 56.9 Å². The van der Waals surface area contributed by atoms with Crippen molar-refractivity contribution in [1.82, 2.24) is 4.90 Å². The molecule has 0 bridgehead atoms. The number of nitrogens with two attached hydrogens (primary N) is 1. The molecule has 0 aromatic rings. The van der Waals surface area contributed by atoms with E-state index in [1.165, 1.54) is 0 Å². The Hall–Kier alpha value is -0.360. The monoisotopic (exact) mass is 294 g/mol. The zero-order chi connectivity index (χ0) is 13.2. The largest absolute Gasteiger partial charge is 0.382 e. The topological polar surface area (TPSA) is 64.8 Å². The van der Waals surface area contributed by atoms with Gasteiger partial charge < -0.3 is 20.1 Å². The number of amides is 1. The fourth-order valence-corrected chi connectivity index (χ4v) is 2.16. The third-order valence-electron chi connectivity index (χ3n) is 3.19. The second-order valence-corrected chi connectivity index (χ2v) is 4.74. The van der Waals surface area contributed by atoms with E-state index in [0.29, 0.717) is 32.7 Å². The van der Waals surface area contributed by atoms with Gasteiger partial charge in [-0.05, 0) is 19.4 Å². The minimum absolute atomic E-state index is 0. The van der Waals surface area contributed by atoms with Crippen molar-refractivity contribution in [2.45, 2.75) is 38.2 Å². The summed E-state index contributed by atoms with van der Waals surface area (Å²) in [6.07, 6.45) is 4.91. The standard InChI is InChI=1S/C13H26N2O3.ClH/c1-17-11-12-10-15(8-9-18-12)13(16)6-4-2-3-5-7-14;/h12H,2-11,14H2,1H3;1H. The molecule has 1 fully saturated rings. The Morgan fingerprint density at radius 2 is 2.11 bits per heavy atom. The van der Waals surface area contributed by atoms with E-state index in [9.17, 15) is 4.79 Å². The fraction of sp³-hybridized carbons (Fsp3) is 0.923. The zero-order valence-electron chi connectivity index (χ0n) is 11.8. The number of nitrogens with zero attached hydrogens (tertiary/aromatic N) is 1. The number of ether oxygens (including phenoxy) is 2. The Kier molecular flexibility index (Phi) is 11.2. The first-order valence-corrected chi connectivity index (χ1v) is 6.86. The van der Waals surface area contributed by atoms with Crippen LogP contribution in [0.1, 0.15) is 32.1 Å². The van der Waals surface area contributed by atoms with Crippen molar-refractivity contribution in [2.75, 3.05) is 40.0 Å². The second kappa shape index (κ2) is 11.5. The van der Waals surface area contributed by atoms with Gasteiger partial charge in [0.15, 0.2) is 0 Å². The molecule has 6 heteroatoms. The molecule has 5 nitrogen and oxygen atoms in total. The van der Waals surface area contributed by atoms with E-state index in [2.05, 4.69) is 0 Å². The Morgan fingerprint density at radius 1 is 1.37 bits per heavy atom. The van der Waals surface area contributed by atoms with Gasteiger partial charge in [0.25, 0.3) is 0 Å². The van der Waals surface area contributed by atoms with Crippen LogP contribution < -0.4 is 5.73 Å². The first kappa shape index (κ1) is 18.6. The van der Waals surface area contributed by atoms with Crippen molar-refractivity contribution in [3.8, 4) is 0 Å². The molecule has 0 saturated carbocycles. The number of halogens is 1. The van der Waals surface area contributed by atoms with E-state index in [-0.39, 0.29) is 24.4 Å². The van der Waals surface area contributed by atoms with E-state index in [1.807, 2.05) is 4.90 Å². The molecule has 0 aromatic heterocycles. The van der Waals surface area contributed by atoms with E-state index in [0.717, 1.165) is 32.2 Å². The number of morpholine rings is 1. The third-order valence-corrected chi connectivity index (χ3v) is 3.19. The van der Waals surface area contributed by atoms with Crippen LogP contribution >= 0.6 is 12.4 Å². The zero-order valence-corrected chi connectivity index (χ0v) is 12.6. The molecule has 0 spiro atoms. The number of hydrogen-bond donors (Lipinski definition) is 1.